The molecule has 1 aliphatic rings. The van der Waals surface area contributed by atoms with Crippen molar-refractivity contribution < 1.29 is 9.90 Å². The number of halogens is 1. The maximum atomic E-state index is 12.6. The second-order valence-corrected chi connectivity index (χ2v) is 7.91. The Bertz CT molecular complexity index is 1050. The normalized spacial score (nSPS) is 16.9. The number of rotatable bonds is 5. The van der Waals surface area contributed by atoms with Crippen molar-refractivity contribution in [1.82, 2.24) is 14.7 Å². The third-order valence-corrected chi connectivity index (χ3v) is 5.61. The van der Waals surface area contributed by atoms with E-state index < -0.39 is 6.10 Å². The van der Waals surface area contributed by atoms with Crippen molar-refractivity contribution in [2.24, 2.45) is 0 Å². The lowest BCUT2D eigenvalue weighted by atomic mass is 10.1. The van der Waals surface area contributed by atoms with Crippen molar-refractivity contribution in [2.45, 2.75) is 25.5 Å². The molecule has 1 aliphatic heterocycles. The Kier molecular flexibility index (Phi) is 6.31. The van der Waals surface area contributed by atoms with E-state index in [-0.39, 0.29) is 5.91 Å². The Labute approximate surface area is 181 Å². The van der Waals surface area contributed by atoms with Crippen LogP contribution in [0, 0.1) is 0 Å². The maximum Gasteiger partial charge on any atom is 0.246 e. The molecule has 0 aliphatic carbocycles. The Morgan fingerprint density at radius 3 is 2.70 bits per heavy atom. The minimum Gasteiger partial charge on any atom is -0.391 e. The second kappa shape index (κ2) is 9.28. The number of benzene rings is 2. The summed E-state index contributed by atoms with van der Waals surface area (Å²) in [7, 11) is 0. The number of amides is 1. The van der Waals surface area contributed by atoms with E-state index in [1.807, 2.05) is 71.6 Å². The molecule has 1 unspecified atom stereocenters. The molecule has 1 fully saturated rings. The fourth-order valence-corrected chi connectivity index (χ4v) is 3.88. The van der Waals surface area contributed by atoms with Gasteiger partial charge in [0.25, 0.3) is 0 Å². The van der Waals surface area contributed by atoms with Gasteiger partial charge in [-0.2, -0.15) is 5.10 Å². The van der Waals surface area contributed by atoms with Crippen LogP contribution in [0.25, 0.3) is 17.3 Å². The van der Waals surface area contributed by atoms with Crippen LogP contribution in [0.3, 0.4) is 0 Å². The quantitative estimate of drug-likeness (QED) is 0.626. The molecule has 2 heterocycles. The lowest BCUT2D eigenvalue weighted by Gasteiger charge is -2.29. The van der Waals surface area contributed by atoms with Gasteiger partial charge in [0.1, 0.15) is 0 Å². The summed E-state index contributed by atoms with van der Waals surface area (Å²) in [5.74, 6) is -0.0911. The number of carbonyl (C=O) groups excluding carboxylic acids is 1. The van der Waals surface area contributed by atoms with Crippen LogP contribution in [0.4, 0.5) is 0 Å². The van der Waals surface area contributed by atoms with Crippen LogP contribution in [0.2, 0.25) is 5.02 Å². The molecule has 0 radical (unpaired) electrons. The highest BCUT2D eigenvalue weighted by Gasteiger charge is 2.20. The van der Waals surface area contributed by atoms with Crippen LogP contribution in [-0.2, 0) is 11.3 Å². The molecule has 3 aromatic rings. The molecular formula is C24H24ClN3O2. The van der Waals surface area contributed by atoms with Gasteiger partial charge < -0.3 is 10.0 Å². The minimum atomic E-state index is -0.436. The maximum absolute atomic E-state index is 12.6. The largest absolute Gasteiger partial charge is 0.391 e. The van der Waals surface area contributed by atoms with E-state index >= 15 is 0 Å². The molecule has 1 atom stereocenters. The Morgan fingerprint density at radius 2 is 1.93 bits per heavy atom. The van der Waals surface area contributed by atoms with Gasteiger partial charge in [-0.3, -0.25) is 9.48 Å². The van der Waals surface area contributed by atoms with Crippen molar-refractivity contribution in [3.8, 4) is 11.3 Å². The van der Waals surface area contributed by atoms with Gasteiger partial charge in [0, 0.05) is 41.5 Å². The highest BCUT2D eigenvalue weighted by Crippen LogP contribution is 2.25. The van der Waals surface area contributed by atoms with Crippen LogP contribution < -0.4 is 0 Å². The van der Waals surface area contributed by atoms with E-state index in [4.69, 9.17) is 16.7 Å². The Balaban J connectivity index is 1.61. The first-order chi connectivity index (χ1) is 14.6. The van der Waals surface area contributed by atoms with Crippen LogP contribution >= 0.6 is 11.6 Å². The van der Waals surface area contributed by atoms with Crippen molar-refractivity contribution in [3.63, 3.8) is 0 Å². The first-order valence-corrected chi connectivity index (χ1v) is 10.5. The standard InChI is InChI=1S/C24H24ClN3O2/c25-22-11-5-4-9-19(22)15-28-16-20(24(26-28)18-7-2-1-3-8-18)12-13-23(30)27-14-6-10-21(29)17-27/h1-5,7-9,11-13,16,21,29H,6,10,14-15,17H2. The number of carbonyl (C=O) groups is 1. The molecule has 6 heteroatoms. The third kappa shape index (κ3) is 4.81. The van der Waals surface area contributed by atoms with Crippen molar-refractivity contribution in [3.05, 3.63) is 83.0 Å². The van der Waals surface area contributed by atoms with E-state index in [2.05, 4.69) is 0 Å². The first kappa shape index (κ1) is 20.4. The number of aliphatic hydroxyl groups is 1. The topological polar surface area (TPSA) is 58.4 Å². The zero-order valence-electron chi connectivity index (χ0n) is 16.6. The number of likely N-dealkylation sites (tertiary alicyclic amines) is 1. The molecule has 1 aromatic heterocycles. The molecule has 1 saturated heterocycles. The van der Waals surface area contributed by atoms with Gasteiger partial charge in [-0.25, -0.2) is 0 Å². The lowest BCUT2D eigenvalue weighted by molar-refractivity contribution is -0.128. The smallest absolute Gasteiger partial charge is 0.246 e. The summed E-state index contributed by atoms with van der Waals surface area (Å²) in [5.41, 5.74) is 3.63. The van der Waals surface area contributed by atoms with E-state index in [0.29, 0.717) is 24.7 Å². The predicted molar refractivity (Wildman–Crippen MR) is 119 cm³/mol. The summed E-state index contributed by atoms with van der Waals surface area (Å²) in [6.07, 6.45) is 6.45. The predicted octanol–water partition coefficient (Wildman–Crippen LogP) is 4.25. The Morgan fingerprint density at radius 1 is 1.17 bits per heavy atom. The molecule has 5 nitrogen and oxygen atoms in total. The van der Waals surface area contributed by atoms with Gasteiger partial charge in [0.05, 0.1) is 18.3 Å². The number of aliphatic hydroxyl groups excluding tert-OH is 1. The zero-order valence-corrected chi connectivity index (χ0v) is 17.4. The summed E-state index contributed by atoms with van der Waals surface area (Å²) >= 11 is 6.31. The number of β-amino-alcohol motifs (C(OH)–C–C–N with tert-alkyl or cyclic N) is 1. The second-order valence-electron chi connectivity index (χ2n) is 7.50. The van der Waals surface area contributed by atoms with Gasteiger partial charge in [-0.1, -0.05) is 60.1 Å². The van der Waals surface area contributed by atoms with Gasteiger partial charge >= 0.3 is 0 Å². The van der Waals surface area contributed by atoms with E-state index in [9.17, 15) is 9.90 Å². The summed E-state index contributed by atoms with van der Waals surface area (Å²) in [6, 6.07) is 17.6. The van der Waals surface area contributed by atoms with Gasteiger partial charge in [0.2, 0.25) is 5.91 Å². The third-order valence-electron chi connectivity index (χ3n) is 5.24. The molecule has 30 heavy (non-hydrogen) atoms. The van der Waals surface area contributed by atoms with E-state index in [1.165, 1.54) is 0 Å². The van der Waals surface area contributed by atoms with E-state index in [1.54, 1.807) is 11.0 Å². The monoisotopic (exact) mass is 421 g/mol. The molecule has 1 N–H and O–H groups in total. The van der Waals surface area contributed by atoms with Crippen LogP contribution in [0.15, 0.2) is 66.9 Å². The molecule has 4 rings (SSSR count). The highest BCUT2D eigenvalue weighted by molar-refractivity contribution is 6.31. The molecule has 0 spiro atoms. The van der Waals surface area contributed by atoms with Crippen molar-refractivity contribution in [1.29, 1.82) is 0 Å². The van der Waals surface area contributed by atoms with Crippen molar-refractivity contribution in [2.75, 3.05) is 13.1 Å². The van der Waals surface area contributed by atoms with Crippen LogP contribution in [-0.4, -0.2) is 44.9 Å². The molecule has 0 bridgehead atoms. The van der Waals surface area contributed by atoms with Gasteiger partial charge in [-0.05, 0) is 30.5 Å². The van der Waals surface area contributed by atoms with Crippen LogP contribution in [0.1, 0.15) is 24.0 Å². The SMILES string of the molecule is O=C(C=Cc1cn(Cc2ccccc2Cl)nc1-c1ccccc1)N1CCCC(O)C1. The van der Waals surface area contributed by atoms with E-state index in [0.717, 1.165) is 35.2 Å². The highest BCUT2D eigenvalue weighted by atomic mass is 35.5. The first-order valence-electron chi connectivity index (χ1n) is 10.1. The average Bonchev–Trinajstić information content (AvgIpc) is 3.17. The fraction of sp³-hybridized carbons (Fsp3) is 0.250. The fourth-order valence-electron chi connectivity index (χ4n) is 3.68. The summed E-state index contributed by atoms with van der Waals surface area (Å²) in [5, 5.41) is 15.3. The van der Waals surface area contributed by atoms with Gasteiger partial charge in [-0.15, -0.1) is 0 Å². The van der Waals surface area contributed by atoms with Crippen molar-refractivity contribution >= 4 is 23.6 Å². The summed E-state index contributed by atoms with van der Waals surface area (Å²) in [4.78, 5) is 14.3. The van der Waals surface area contributed by atoms with Crippen LogP contribution in [0.5, 0.6) is 0 Å². The number of nitrogens with zero attached hydrogens (tertiary/aromatic N) is 3. The zero-order chi connectivity index (χ0) is 20.9. The number of aromatic nitrogens is 2. The Hall–Kier alpha value is -2.89. The molecular weight excluding hydrogens is 398 g/mol. The number of hydrogen-bond acceptors (Lipinski definition) is 3. The number of hydrogen-bond donors (Lipinski definition) is 1. The minimum absolute atomic E-state index is 0.0911. The molecule has 0 saturated carbocycles. The molecule has 154 valence electrons. The summed E-state index contributed by atoms with van der Waals surface area (Å²) in [6.45, 7) is 1.61. The van der Waals surface area contributed by atoms with Gasteiger partial charge in [0.15, 0.2) is 0 Å². The molecule has 2 aromatic carbocycles. The summed E-state index contributed by atoms with van der Waals surface area (Å²) < 4.78 is 1.85. The molecule has 1 amide bonds. The number of piperidine rings is 1. The average molecular weight is 422 g/mol. The lowest BCUT2D eigenvalue weighted by Crippen LogP contribution is -2.41.